The molecule has 3 rings (SSSR count). The van der Waals surface area contributed by atoms with E-state index >= 15 is 0 Å². The van der Waals surface area contributed by atoms with Crippen molar-refractivity contribution in [1.82, 2.24) is 4.98 Å². The van der Waals surface area contributed by atoms with Crippen molar-refractivity contribution in [3.63, 3.8) is 0 Å². The molecule has 0 aliphatic carbocycles. The minimum atomic E-state index is -1.28. The first-order valence-electron chi connectivity index (χ1n) is 8.44. The molecule has 10 heteroatoms. The molecular formula is C18H19N3O7. The average Bonchev–Trinajstić information content (AvgIpc) is 3.22. The van der Waals surface area contributed by atoms with Gasteiger partial charge >= 0.3 is 18.0 Å². The number of anilines is 1. The predicted octanol–water partition coefficient (Wildman–Crippen LogP) is 1.20. The molecule has 0 saturated carbocycles. The molecule has 1 saturated heterocycles. The number of carboxylic acids is 2. The number of aromatic carboxylic acids is 1. The molecule has 0 bridgehead atoms. The number of carboxylic acid groups (broad SMARTS) is 2. The van der Waals surface area contributed by atoms with E-state index in [0.29, 0.717) is 12.2 Å². The Morgan fingerprint density at radius 2 is 2.00 bits per heavy atom. The Hall–Kier alpha value is -3.53. The van der Waals surface area contributed by atoms with Gasteiger partial charge < -0.3 is 30.4 Å². The van der Waals surface area contributed by atoms with Crippen molar-refractivity contribution in [3.05, 3.63) is 47.3 Å². The van der Waals surface area contributed by atoms with Crippen LogP contribution in [0.2, 0.25) is 0 Å². The zero-order chi connectivity index (χ0) is 20.3. The quantitative estimate of drug-likeness (QED) is 0.525. The summed E-state index contributed by atoms with van der Waals surface area (Å²) in [6.45, 7) is 0.553. The lowest BCUT2D eigenvalue weighted by Crippen LogP contribution is -2.26. The molecule has 1 aromatic heterocycles. The van der Waals surface area contributed by atoms with Gasteiger partial charge in [-0.15, -0.1) is 0 Å². The first-order valence-corrected chi connectivity index (χ1v) is 8.44. The molecule has 1 aliphatic heterocycles. The number of rotatable bonds is 8. The van der Waals surface area contributed by atoms with E-state index in [1.807, 2.05) is 12.1 Å². The summed E-state index contributed by atoms with van der Waals surface area (Å²) < 4.78 is 10.8. The first kappa shape index (κ1) is 19.2. The molecule has 0 radical (unpaired) electrons. The van der Waals surface area contributed by atoms with E-state index in [-0.39, 0.29) is 36.7 Å². The molecule has 1 unspecified atom stereocenters. The van der Waals surface area contributed by atoms with Crippen LogP contribution in [0.25, 0.3) is 0 Å². The van der Waals surface area contributed by atoms with Crippen molar-refractivity contribution in [2.24, 2.45) is 5.73 Å². The molecule has 1 atom stereocenters. The maximum Gasteiger partial charge on any atom is 0.414 e. The van der Waals surface area contributed by atoms with Crippen LogP contribution in [-0.2, 0) is 22.5 Å². The van der Waals surface area contributed by atoms with Crippen molar-refractivity contribution in [2.75, 3.05) is 18.1 Å². The fourth-order valence-electron chi connectivity index (χ4n) is 2.83. The number of nitrogens with zero attached hydrogens (tertiary/aromatic N) is 1. The number of nitrogens with two attached hydrogens (primary N) is 1. The number of aromatic nitrogens is 1. The van der Waals surface area contributed by atoms with Crippen molar-refractivity contribution < 1.29 is 34.1 Å². The lowest BCUT2D eigenvalue weighted by atomic mass is 10.2. The van der Waals surface area contributed by atoms with Gasteiger partial charge in [0.25, 0.3) is 0 Å². The highest BCUT2D eigenvalue weighted by Crippen LogP contribution is 2.25. The van der Waals surface area contributed by atoms with Crippen LogP contribution in [-0.4, -0.2) is 52.5 Å². The molecule has 5 N–H and O–H groups in total. The van der Waals surface area contributed by atoms with Gasteiger partial charge in [0.1, 0.15) is 6.61 Å². The molecule has 1 aromatic carbocycles. The average molecular weight is 389 g/mol. The Labute approximate surface area is 159 Å². The topological polar surface area (TPSA) is 155 Å². The van der Waals surface area contributed by atoms with E-state index in [0.717, 1.165) is 5.56 Å². The Morgan fingerprint density at radius 3 is 2.61 bits per heavy atom. The van der Waals surface area contributed by atoms with E-state index < -0.39 is 24.1 Å². The minimum absolute atomic E-state index is 0.00875. The number of ether oxygens (including phenoxy) is 2. The lowest BCUT2D eigenvalue weighted by molar-refractivity contribution is -0.136. The predicted molar refractivity (Wildman–Crippen MR) is 96.5 cm³/mol. The summed E-state index contributed by atoms with van der Waals surface area (Å²) in [5.74, 6) is -2.40. The number of amides is 1. The van der Waals surface area contributed by atoms with E-state index in [1.165, 1.54) is 11.0 Å². The van der Waals surface area contributed by atoms with Gasteiger partial charge in [-0.25, -0.2) is 9.59 Å². The highest BCUT2D eigenvalue weighted by Gasteiger charge is 2.33. The van der Waals surface area contributed by atoms with Gasteiger partial charge in [0.05, 0.1) is 13.0 Å². The summed E-state index contributed by atoms with van der Waals surface area (Å²) >= 11 is 0. The number of cyclic esters (lactones) is 1. The highest BCUT2D eigenvalue weighted by molar-refractivity contribution is 5.90. The normalized spacial score (nSPS) is 16.1. The Morgan fingerprint density at radius 1 is 1.29 bits per heavy atom. The molecule has 1 fully saturated rings. The van der Waals surface area contributed by atoms with E-state index in [1.54, 1.807) is 12.1 Å². The maximum atomic E-state index is 12.1. The van der Waals surface area contributed by atoms with Crippen LogP contribution in [0.3, 0.4) is 0 Å². The summed E-state index contributed by atoms with van der Waals surface area (Å²) in [4.78, 5) is 38.2. The SMILES string of the molecule is NCc1ccc(N2CC(COc3cc(CC(=O)O)[nH]c3C(=O)O)OC2=O)cc1. The maximum absolute atomic E-state index is 12.1. The third-order valence-corrected chi connectivity index (χ3v) is 4.18. The van der Waals surface area contributed by atoms with Crippen LogP contribution >= 0.6 is 0 Å². The van der Waals surface area contributed by atoms with Crippen molar-refractivity contribution in [2.45, 2.75) is 19.1 Å². The fraction of sp³-hybridized carbons (Fsp3) is 0.278. The smallest absolute Gasteiger partial charge is 0.414 e. The van der Waals surface area contributed by atoms with Crippen molar-refractivity contribution >= 4 is 23.7 Å². The number of aliphatic carboxylic acids is 1. The van der Waals surface area contributed by atoms with Crippen LogP contribution in [0.4, 0.5) is 10.5 Å². The van der Waals surface area contributed by atoms with Crippen LogP contribution in [0, 0.1) is 0 Å². The van der Waals surface area contributed by atoms with Crippen LogP contribution in [0.1, 0.15) is 21.7 Å². The van der Waals surface area contributed by atoms with Crippen molar-refractivity contribution in [3.8, 4) is 5.75 Å². The van der Waals surface area contributed by atoms with E-state index in [4.69, 9.17) is 20.3 Å². The number of aromatic amines is 1. The van der Waals surface area contributed by atoms with Gasteiger partial charge in [0.15, 0.2) is 17.5 Å². The molecule has 1 amide bonds. The fourth-order valence-corrected chi connectivity index (χ4v) is 2.83. The lowest BCUT2D eigenvalue weighted by Gasteiger charge is -2.13. The molecule has 2 heterocycles. The van der Waals surface area contributed by atoms with Gasteiger partial charge in [-0.05, 0) is 17.7 Å². The highest BCUT2D eigenvalue weighted by atomic mass is 16.6. The summed E-state index contributed by atoms with van der Waals surface area (Å²) in [7, 11) is 0. The molecule has 2 aromatic rings. The number of H-pyrrole nitrogens is 1. The van der Waals surface area contributed by atoms with E-state index in [9.17, 15) is 19.5 Å². The zero-order valence-corrected chi connectivity index (χ0v) is 14.8. The van der Waals surface area contributed by atoms with E-state index in [2.05, 4.69) is 4.98 Å². The molecule has 28 heavy (non-hydrogen) atoms. The van der Waals surface area contributed by atoms with Crippen LogP contribution in [0.5, 0.6) is 5.75 Å². The van der Waals surface area contributed by atoms with Gasteiger partial charge in [0.2, 0.25) is 0 Å². The zero-order valence-electron chi connectivity index (χ0n) is 14.8. The van der Waals surface area contributed by atoms with Crippen molar-refractivity contribution in [1.29, 1.82) is 0 Å². The minimum Gasteiger partial charge on any atom is -0.487 e. The summed E-state index contributed by atoms with van der Waals surface area (Å²) in [6.07, 6.45) is -1.51. The molecule has 148 valence electrons. The van der Waals surface area contributed by atoms with Crippen LogP contribution < -0.4 is 15.4 Å². The largest absolute Gasteiger partial charge is 0.487 e. The number of hydrogen-bond acceptors (Lipinski definition) is 6. The number of nitrogens with one attached hydrogen (secondary N) is 1. The third kappa shape index (κ3) is 4.23. The second kappa shape index (κ2) is 8.01. The first-order chi connectivity index (χ1) is 13.4. The van der Waals surface area contributed by atoms with Gasteiger partial charge in [0, 0.05) is 24.0 Å². The van der Waals surface area contributed by atoms with Gasteiger partial charge in [-0.1, -0.05) is 12.1 Å². The van der Waals surface area contributed by atoms with Crippen LogP contribution in [0.15, 0.2) is 30.3 Å². The number of carbonyl (C=O) groups excluding carboxylic acids is 1. The second-order valence-electron chi connectivity index (χ2n) is 6.21. The summed E-state index contributed by atoms with van der Waals surface area (Å²) in [5, 5.41) is 18.0. The number of hydrogen-bond donors (Lipinski definition) is 4. The summed E-state index contributed by atoms with van der Waals surface area (Å²) in [5.41, 5.74) is 7.09. The standard InChI is InChI=1S/C18H19N3O7/c19-7-10-1-3-12(4-2-10)21-8-13(28-18(21)26)9-27-14-5-11(6-15(22)23)20-16(14)17(24)25/h1-5,13,20H,6-9,19H2,(H,22,23)(H,24,25). The number of carbonyl (C=O) groups is 3. The molecule has 0 spiro atoms. The number of benzene rings is 1. The monoisotopic (exact) mass is 389 g/mol. The van der Waals surface area contributed by atoms with Gasteiger partial charge in [-0.3, -0.25) is 9.69 Å². The Bertz CT molecular complexity index is 891. The Kier molecular flexibility index (Phi) is 5.50. The molecule has 10 nitrogen and oxygen atoms in total. The second-order valence-corrected chi connectivity index (χ2v) is 6.21. The molecule has 1 aliphatic rings. The Balaban J connectivity index is 1.65. The third-order valence-electron chi connectivity index (χ3n) is 4.18. The molecular weight excluding hydrogens is 370 g/mol. The summed E-state index contributed by atoms with van der Waals surface area (Å²) in [6, 6.07) is 8.47. The van der Waals surface area contributed by atoms with Gasteiger partial charge in [-0.2, -0.15) is 0 Å².